The molecule has 0 aliphatic carbocycles. The largest absolute Gasteiger partial charge is 0.467 e. The van der Waals surface area contributed by atoms with Crippen molar-refractivity contribution in [2.75, 3.05) is 5.32 Å². The van der Waals surface area contributed by atoms with Crippen LogP contribution in [0.1, 0.15) is 24.7 Å². The van der Waals surface area contributed by atoms with Gasteiger partial charge in [0.2, 0.25) is 11.9 Å². The van der Waals surface area contributed by atoms with Crippen LogP contribution in [-0.2, 0) is 17.5 Å². The van der Waals surface area contributed by atoms with Crippen molar-refractivity contribution in [2.24, 2.45) is 0 Å². The molecule has 0 atom stereocenters. The molecule has 5 nitrogen and oxygen atoms in total. The Labute approximate surface area is 135 Å². The predicted octanol–water partition coefficient (Wildman–Crippen LogP) is 4.04. The van der Waals surface area contributed by atoms with Crippen molar-refractivity contribution in [2.45, 2.75) is 26.1 Å². The summed E-state index contributed by atoms with van der Waals surface area (Å²) in [4.78, 5) is 15.8. The van der Waals surface area contributed by atoms with Gasteiger partial charge in [-0.2, -0.15) is 13.2 Å². The minimum Gasteiger partial charge on any atom is -0.467 e. The fourth-order valence-corrected chi connectivity index (χ4v) is 2.33. The molecule has 1 aromatic carbocycles. The quantitative estimate of drug-likeness (QED) is 0.781. The van der Waals surface area contributed by atoms with Gasteiger partial charge in [0, 0.05) is 6.42 Å². The lowest BCUT2D eigenvalue weighted by Crippen LogP contribution is -2.14. The number of anilines is 1. The van der Waals surface area contributed by atoms with Crippen LogP contribution in [0.5, 0.6) is 0 Å². The standard InChI is InChI=1S/C16H14F3N3O2/c1-2-14(23)21-15-20-12-8-10(16(17,18)19)5-6-13(12)22(15)9-11-4-3-7-24-11/h3-8H,2,9H2,1H3,(H,20,21,23). The Kier molecular flexibility index (Phi) is 4.04. The van der Waals surface area contributed by atoms with Gasteiger partial charge in [-0.3, -0.25) is 10.1 Å². The van der Waals surface area contributed by atoms with Crippen LogP contribution in [0.15, 0.2) is 41.0 Å². The number of alkyl halides is 3. The number of nitrogens with one attached hydrogen (secondary N) is 1. The van der Waals surface area contributed by atoms with E-state index >= 15 is 0 Å². The Morgan fingerprint density at radius 1 is 1.33 bits per heavy atom. The van der Waals surface area contributed by atoms with E-state index in [0.29, 0.717) is 11.3 Å². The number of carbonyl (C=O) groups is 1. The number of imidazole rings is 1. The molecule has 0 saturated carbocycles. The first-order valence-electron chi connectivity index (χ1n) is 7.28. The van der Waals surface area contributed by atoms with Gasteiger partial charge in [0.15, 0.2) is 0 Å². The normalized spacial score (nSPS) is 11.8. The number of benzene rings is 1. The molecule has 8 heteroatoms. The fraction of sp³-hybridized carbons (Fsp3) is 0.250. The van der Waals surface area contributed by atoms with E-state index in [4.69, 9.17) is 4.42 Å². The SMILES string of the molecule is CCC(=O)Nc1nc2cc(C(F)(F)F)ccc2n1Cc1ccco1. The van der Waals surface area contributed by atoms with Crippen molar-refractivity contribution in [3.8, 4) is 0 Å². The van der Waals surface area contributed by atoms with Gasteiger partial charge < -0.3 is 8.98 Å². The molecular weight excluding hydrogens is 323 g/mol. The minimum absolute atomic E-state index is 0.155. The van der Waals surface area contributed by atoms with Crippen molar-refractivity contribution in [1.82, 2.24) is 9.55 Å². The minimum atomic E-state index is -4.45. The molecule has 2 heterocycles. The number of hydrogen-bond donors (Lipinski definition) is 1. The third-order valence-electron chi connectivity index (χ3n) is 3.54. The smallest absolute Gasteiger partial charge is 0.416 e. The van der Waals surface area contributed by atoms with E-state index < -0.39 is 11.7 Å². The average molecular weight is 337 g/mol. The van der Waals surface area contributed by atoms with Crippen molar-refractivity contribution in [3.63, 3.8) is 0 Å². The summed E-state index contributed by atoms with van der Waals surface area (Å²) < 4.78 is 45.5. The van der Waals surface area contributed by atoms with E-state index in [1.165, 1.54) is 12.3 Å². The molecule has 3 rings (SSSR count). The van der Waals surface area contributed by atoms with Crippen molar-refractivity contribution < 1.29 is 22.4 Å². The molecule has 24 heavy (non-hydrogen) atoms. The van der Waals surface area contributed by atoms with Gasteiger partial charge in [-0.15, -0.1) is 0 Å². The van der Waals surface area contributed by atoms with Crippen molar-refractivity contribution in [3.05, 3.63) is 47.9 Å². The second-order valence-electron chi connectivity index (χ2n) is 5.20. The van der Waals surface area contributed by atoms with Gasteiger partial charge in [-0.05, 0) is 30.3 Å². The molecule has 0 spiro atoms. The number of carbonyl (C=O) groups excluding carboxylic acids is 1. The Morgan fingerprint density at radius 2 is 2.12 bits per heavy atom. The first kappa shape index (κ1) is 16.1. The highest BCUT2D eigenvalue weighted by molar-refractivity contribution is 5.91. The van der Waals surface area contributed by atoms with Crippen LogP contribution < -0.4 is 5.32 Å². The Hall–Kier alpha value is -2.77. The average Bonchev–Trinajstić information content (AvgIpc) is 3.15. The number of amides is 1. The molecular formula is C16H14F3N3O2. The first-order valence-corrected chi connectivity index (χ1v) is 7.28. The molecule has 0 unspecified atom stereocenters. The lowest BCUT2D eigenvalue weighted by atomic mass is 10.2. The predicted molar refractivity (Wildman–Crippen MR) is 81.5 cm³/mol. The molecule has 3 aromatic rings. The zero-order chi connectivity index (χ0) is 17.3. The Morgan fingerprint density at radius 3 is 2.75 bits per heavy atom. The van der Waals surface area contributed by atoms with Gasteiger partial charge in [0.05, 0.1) is 29.4 Å². The summed E-state index contributed by atoms with van der Waals surface area (Å²) in [5.41, 5.74) is -0.153. The highest BCUT2D eigenvalue weighted by Gasteiger charge is 2.31. The van der Waals surface area contributed by atoms with Gasteiger partial charge in [-0.25, -0.2) is 4.98 Å². The summed E-state index contributed by atoms with van der Waals surface area (Å²) in [7, 11) is 0. The zero-order valence-electron chi connectivity index (χ0n) is 12.7. The molecule has 0 aliphatic rings. The van der Waals surface area contributed by atoms with Gasteiger partial charge in [-0.1, -0.05) is 6.92 Å². The fourth-order valence-electron chi connectivity index (χ4n) is 2.33. The molecule has 126 valence electrons. The summed E-state index contributed by atoms with van der Waals surface area (Å²) in [5, 5.41) is 2.61. The number of rotatable bonds is 4. The molecule has 0 bridgehead atoms. The van der Waals surface area contributed by atoms with E-state index in [0.717, 1.165) is 12.1 Å². The highest BCUT2D eigenvalue weighted by Crippen LogP contribution is 2.32. The van der Waals surface area contributed by atoms with Gasteiger partial charge in [0.25, 0.3) is 0 Å². The molecule has 0 saturated heterocycles. The third-order valence-corrected chi connectivity index (χ3v) is 3.54. The molecule has 2 aromatic heterocycles. The highest BCUT2D eigenvalue weighted by atomic mass is 19.4. The second kappa shape index (κ2) is 6.03. The Bertz CT molecular complexity index is 867. The number of furan rings is 1. The number of halogens is 3. The van der Waals surface area contributed by atoms with Crippen LogP contribution in [0.3, 0.4) is 0 Å². The lowest BCUT2D eigenvalue weighted by molar-refractivity contribution is -0.137. The summed E-state index contributed by atoms with van der Waals surface area (Å²) in [6.07, 6.45) is -2.72. The zero-order valence-corrected chi connectivity index (χ0v) is 12.7. The monoisotopic (exact) mass is 337 g/mol. The van der Waals surface area contributed by atoms with E-state index in [2.05, 4.69) is 10.3 Å². The number of nitrogens with zero attached hydrogens (tertiary/aromatic N) is 2. The van der Waals surface area contributed by atoms with E-state index in [1.807, 2.05) is 0 Å². The third kappa shape index (κ3) is 3.12. The number of aromatic nitrogens is 2. The Balaban J connectivity index is 2.10. The summed E-state index contributed by atoms with van der Waals surface area (Å²) >= 11 is 0. The molecule has 0 aliphatic heterocycles. The van der Waals surface area contributed by atoms with Crippen LogP contribution in [0, 0.1) is 0 Å². The number of hydrogen-bond acceptors (Lipinski definition) is 3. The van der Waals surface area contributed by atoms with Crippen LogP contribution in [0.2, 0.25) is 0 Å². The van der Waals surface area contributed by atoms with E-state index in [9.17, 15) is 18.0 Å². The van der Waals surface area contributed by atoms with Gasteiger partial charge >= 0.3 is 6.18 Å². The van der Waals surface area contributed by atoms with Crippen LogP contribution >= 0.6 is 0 Å². The van der Waals surface area contributed by atoms with Crippen molar-refractivity contribution >= 4 is 22.9 Å². The summed E-state index contributed by atoms with van der Waals surface area (Å²) in [6.45, 7) is 1.92. The second-order valence-corrected chi connectivity index (χ2v) is 5.20. The molecule has 1 amide bonds. The molecule has 0 radical (unpaired) electrons. The van der Waals surface area contributed by atoms with E-state index in [1.54, 1.807) is 23.6 Å². The maximum atomic E-state index is 12.9. The maximum absolute atomic E-state index is 12.9. The topological polar surface area (TPSA) is 60.1 Å². The first-order chi connectivity index (χ1) is 11.4. The number of fused-ring (bicyclic) bond motifs is 1. The summed E-state index contributed by atoms with van der Waals surface area (Å²) in [6, 6.07) is 6.75. The van der Waals surface area contributed by atoms with Crippen LogP contribution in [0.25, 0.3) is 11.0 Å². The van der Waals surface area contributed by atoms with Crippen LogP contribution in [-0.4, -0.2) is 15.5 Å². The lowest BCUT2D eigenvalue weighted by Gasteiger charge is -2.09. The van der Waals surface area contributed by atoms with Crippen molar-refractivity contribution in [1.29, 1.82) is 0 Å². The van der Waals surface area contributed by atoms with Crippen LogP contribution in [0.4, 0.5) is 19.1 Å². The van der Waals surface area contributed by atoms with Gasteiger partial charge in [0.1, 0.15) is 5.76 Å². The summed E-state index contributed by atoms with van der Waals surface area (Å²) in [5.74, 6) is 0.510. The molecule has 1 N–H and O–H groups in total. The van der Waals surface area contributed by atoms with E-state index in [-0.39, 0.29) is 30.3 Å². The molecule has 0 fully saturated rings. The maximum Gasteiger partial charge on any atom is 0.416 e.